The lowest BCUT2D eigenvalue weighted by Crippen LogP contribution is -2.39. The molecule has 3 unspecified atom stereocenters. The van der Waals surface area contributed by atoms with Crippen molar-refractivity contribution in [2.45, 2.75) is 38.9 Å². The predicted octanol–water partition coefficient (Wildman–Crippen LogP) is 2.22. The maximum absolute atomic E-state index is 10.1. The third-order valence-corrected chi connectivity index (χ3v) is 2.92. The van der Waals surface area contributed by atoms with Gasteiger partial charge in [-0.3, -0.25) is 0 Å². The first-order chi connectivity index (χ1) is 8.19. The summed E-state index contributed by atoms with van der Waals surface area (Å²) in [6, 6.07) is 9.27. The minimum atomic E-state index is -0.639. The van der Waals surface area contributed by atoms with Crippen molar-refractivity contribution in [3.8, 4) is 5.75 Å². The summed E-state index contributed by atoms with van der Waals surface area (Å²) in [5, 5.41) is 19.4. The third-order valence-electron chi connectivity index (χ3n) is 2.92. The van der Waals surface area contributed by atoms with Crippen LogP contribution >= 0.6 is 0 Å². The first-order valence-corrected chi connectivity index (χ1v) is 6.19. The Bertz CT molecular complexity index is 300. The van der Waals surface area contributed by atoms with Crippen LogP contribution in [0.4, 0.5) is 0 Å². The summed E-state index contributed by atoms with van der Waals surface area (Å²) in [6.45, 7) is 3.88. The lowest BCUT2D eigenvalue weighted by molar-refractivity contribution is -0.0269. The van der Waals surface area contributed by atoms with Crippen LogP contribution in [0.3, 0.4) is 0 Å². The van der Waals surface area contributed by atoms with E-state index in [0.29, 0.717) is 5.75 Å². The normalized spacial score (nSPS) is 16.2. The number of rotatable bonds is 7. The van der Waals surface area contributed by atoms with Crippen molar-refractivity contribution >= 4 is 0 Å². The highest BCUT2D eigenvalue weighted by molar-refractivity contribution is 5.21. The molecule has 0 heterocycles. The molecule has 0 saturated heterocycles. The molecule has 0 aromatic heterocycles. The van der Waals surface area contributed by atoms with E-state index in [1.54, 1.807) is 0 Å². The van der Waals surface area contributed by atoms with Crippen molar-refractivity contribution < 1.29 is 14.9 Å². The Labute approximate surface area is 103 Å². The van der Waals surface area contributed by atoms with Gasteiger partial charge in [0.05, 0.1) is 12.7 Å². The predicted molar refractivity (Wildman–Crippen MR) is 68.0 cm³/mol. The molecule has 1 aromatic rings. The number of ether oxygens (including phenoxy) is 1. The van der Waals surface area contributed by atoms with Crippen LogP contribution in [0.15, 0.2) is 30.3 Å². The van der Waals surface area contributed by atoms with Crippen molar-refractivity contribution in [1.82, 2.24) is 0 Å². The molecule has 0 saturated carbocycles. The molecule has 1 rings (SSSR count). The van der Waals surface area contributed by atoms with Gasteiger partial charge in [0.2, 0.25) is 0 Å². The molecule has 0 fully saturated rings. The zero-order valence-electron chi connectivity index (χ0n) is 10.5. The SMILES string of the molecule is CCCC(C)C(O)C(CO)Oc1ccccc1. The summed E-state index contributed by atoms with van der Waals surface area (Å²) in [6.07, 6.45) is 0.747. The molecule has 0 radical (unpaired) electrons. The highest BCUT2D eigenvalue weighted by atomic mass is 16.5. The highest BCUT2D eigenvalue weighted by Crippen LogP contribution is 2.18. The number of benzene rings is 1. The zero-order chi connectivity index (χ0) is 12.7. The Kier molecular flexibility index (Phi) is 6.01. The molecule has 0 aliphatic heterocycles. The Morgan fingerprint density at radius 3 is 2.41 bits per heavy atom. The van der Waals surface area contributed by atoms with Gasteiger partial charge in [0, 0.05) is 0 Å². The van der Waals surface area contributed by atoms with Crippen molar-refractivity contribution in [3.63, 3.8) is 0 Å². The standard InChI is InChI=1S/C14H22O3/c1-3-7-11(2)14(16)13(10-15)17-12-8-5-4-6-9-12/h4-6,8-9,11,13-16H,3,7,10H2,1-2H3. The van der Waals surface area contributed by atoms with Crippen molar-refractivity contribution in [1.29, 1.82) is 0 Å². The average Bonchev–Trinajstić information content (AvgIpc) is 2.36. The fourth-order valence-corrected chi connectivity index (χ4v) is 1.88. The third kappa shape index (κ3) is 4.36. The fourth-order valence-electron chi connectivity index (χ4n) is 1.88. The molecule has 17 heavy (non-hydrogen) atoms. The van der Waals surface area contributed by atoms with Crippen LogP contribution in [-0.4, -0.2) is 29.0 Å². The molecule has 0 amide bonds. The van der Waals surface area contributed by atoms with E-state index in [9.17, 15) is 10.2 Å². The van der Waals surface area contributed by atoms with Gasteiger partial charge in [0.1, 0.15) is 11.9 Å². The number of aliphatic hydroxyl groups is 2. The maximum atomic E-state index is 10.1. The first-order valence-electron chi connectivity index (χ1n) is 6.19. The molecular weight excluding hydrogens is 216 g/mol. The highest BCUT2D eigenvalue weighted by Gasteiger charge is 2.25. The van der Waals surface area contributed by atoms with Gasteiger partial charge >= 0.3 is 0 Å². The molecule has 96 valence electrons. The van der Waals surface area contributed by atoms with E-state index in [-0.39, 0.29) is 12.5 Å². The van der Waals surface area contributed by atoms with Crippen LogP contribution in [0, 0.1) is 5.92 Å². The van der Waals surface area contributed by atoms with Crippen molar-refractivity contribution in [3.05, 3.63) is 30.3 Å². The molecule has 0 aliphatic carbocycles. The van der Waals surface area contributed by atoms with E-state index in [2.05, 4.69) is 6.92 Å². The number of aliphatic hydroxyl groups excluding tert-OH is 2. The minimum Gasteiger partial charge on any atom is -0.485 e. The van der Waals surface area contributed by atoms with Crippen molar-refractivity contribution in [2.24, 2.45) is 5.92 Å². The topological polar surface area (TPSA) is 49.7 Å². The molecule has 3 nitrogen and oxygen atoms in total. The number of hydrogen-bond acceptors (Lipinski definition) is 3. The van der Waals surface area contributed by atoms with Crippen LogP contribution in [0.25, 0.3) is 0 Å². The van der Waals surface area contributed by atoms with Gasteiger partial charge in [-0.15, -0.1) is 0 Å². The summed E-state index contributed by atoms with van der Waals surface area (Å²) in [5.74, 6) is 0.801. The van der Waals surface area contributed by atoms with E-state index in [4.69, 9.17) is 4.74 Å². The summed E-state index contributed by atoms with van der Waals surface area (Å²) in [5.41, 5.74) is 0. The summed E-state index contributed by atoms with van der Waals surface area (Å²) in [4.78, 5) is 0. The van der Waals surface area contributed by atoms with Crippen LogP contribution < -0.4 is 4.74 Å². The summed E-state index contributed by atoms with van der Waals surface area (Å²) >= 11 is 0. The molecule has 1 aromatic carbocycles. The van der Waals surface area contributed by atoms with E-state index in [1.165, 1.54) is 0 Å². The molecule has 2 N–H and O–H groups in total. The molecule has 0 bridgehead atoms. The second kappa shape index (κ2) is 7.30. The van der Waals surface area contributed by atoms with Gasteiger partial charge in [0.25, 0.3) is 0 Å². The van der Waals surface area contributed by atoms with E-state index in [0.717, 1.165) is 12.8 Å². The Morgan fingerprint density at radius 2 is 1.88 bits per heavy atom. The van der Waals surface area contributed by atoms with Crippen LogP contribution in [0.2, 0.25) is 0 Å². The quantitative estimate of drug-likeness (QED) is 0.766. The zero-order valence-corrected chi connectivity index (χ0v) is 10.5. The lowest BCUT2D eigenvalue weighted by atomic mass is 9.95. The summed E-state index contributed by atoms with van der Waals surface area (Å²) < 4.78 is 5.59. The molecule has 3 atom stereocenters. The molecule has 0 spiro atoms. The second-order valence-corrected chi connectivity index (χ2v) is 4.41. The van der Waals surface area contributed by atoms with E-state index in [1.807, 2.05) is 37.3 Å². The van der Waals surface area contributed by atoms with E-state index < -0.39 is 12.2 Å². The van der Waals surface area contributed by atoms with E-state index >= 15 is 0 Å². The van der Waals surface area contributed by atoms with Gasteiger partial charge in [-0.05, 0) is 24.5 Å². The van der Waals surface area contributed by atoms with Gasteiger partial charge in [0.15, 0.2) is 0 Å². The van der Waals surface area contributed by atoms with Crippen molar-refractivity contribution in [2.75, 3.05) is 6.61 Å². The van der Waals surface area contributed by atoms with Gasteiger partial charge in [-0.2, -0.15) is 0 Å². The first kappa shape index (κ1) is 14.0. The van der Waals surface area contributed by atoms with Crippen LogP contribution in [0.1, 0.15) is 26.7 Å². The Balaban J connectivity index is 2.59. The second-order valence-electron chi connectivity index (χ2n) is 4.41. The van der Waals surface area contributed by atoms with Crippen LogP contribution in [0.5, 0.6) is 5.75 Å². The molecular formula is C14H22O3. The fraction of sp³-hybridized carbons (Fsp3) is 0.571. The molecule has 3 heteroatoms. The maximum Gasteiger partial charge on any atom is 0.148 e. The smallest absolute Gasteiger partial charge is 0.148 e. The molecule has 0 aliphatic rings. The van der Waals surface area contributed by atoms with Gasteiger partial charge in [-0.25, -0.2) is 0 Å². The summed E-state index contributed by atoms with van der Waals surface area (Å²) in [7, 11) is 0. The largest absolute Gasteiger partial charge is 0.485 e. The number of hydrogen-bond donors (Lipinski definition) is 2. The number of para-hydroxylation sites is 1. The minimum absolute atomic E-state index is 0.126. The van der Waals surface area contributed by atoms with Gasteiger partial charge < -0.3 is 14.9 Å². The lowest BCUT2D eigenvalue weighted by Gasteiger charge is -2.26. The van der Waals surface area contributed by atoms with Crippen LogP contribution in [-0.2, 0) is 0 Å². The Morgan fingerprint density at radius 1 is 1.24 bits per heavy atom. The Hall–Kier alpha value is -1.06. The monoisotopic (exact) mass is 238 g/mol. The van der Waals surface area contributed by atoms with Gasteiger partial charge in [-0.1, -0.05) is 38.5 Å². The average molecular weight is 238 g/mol.